The molecular formula is C13H16Cl2F2N2O2. The quantitative estimate of drug-likeness (QED) is 0.820. The molecule has 1 amide bonds. The molecule has 1 aromatic rings. The molecule has 0 bridgehead atoms. The van der Waals surface area contributed by atoms with E-state index in [2.05, 4.69) is 10.1 Å². The molecule has 21 heavy (non-hydrogen) atoms. The van der Waals surface area contributed by atoms with Crippen molar-refractivity contribution < 1.29 is 18.3 Å². The van der Waals surface area contributed by atoms with Crippen LogP contribution in [0.1, 0.15) is 26.7 Å². The monoisotopic (exact) mass is 340 g/mol. The molecule has 1 aromatic carbocycles. The molecule has 0 unspecified atom stereocenters. The molecule has 118 valence electrons. The number of halogens is 4. The minimum Gasteiger partial charge on any atom is -0.432 e. The van der Waals surface area contributed by atoms with Crippen molar-refractivity contribution in [2.45, 2.75) is 38.8 Å². The second-order valence-corrected chi connectivity index (χ2v) is 6.00. The Labute approximate surface area is 131 Å². The van der Waals surface area contributed by atoms with Crippen LogP contribution in [0, 0.1) is 0 Å². The first kappa shape index (κ1) is 17.9. The van der Waals surface area contributed by atoms with E-state index < -0.39 is 12.2 Å². The fourth-order valence-electron chi connectivity index (χ4n) is 1.49. The molecule has 4 nitrogen and oxygen atoms in total. The molecule has 8 heteroatoms. The van der Waals surface area contributed by atoms with Crippen LogP contribution in [0.2, 0.25) is 10.0 Å². The lowest BCUT2D eigenvalue weighted by molar-refractivity contribution is -0.116. The van der Waals surface area contributed by atoms with Crippen LogP contribution in [-0.2, 0) is 4.79 Å². The van der Waals surface area contributed by atoms with Crippen LogP contribution in [-0.4, -0.2) is 18.1 Å². The number of rotatable bonds is 6. The second-order valence-electron chi connectivity index (χ2n) is 5.18. The van der Waals surface area contributed by atoms with Gasteiger partial charge in [-0.15, -0.1) is 0 Å². The average Bonchev–Trinajstić information content (AvgIpc) is 2.30. The van der Waals surface area contributed by atoms with E-state index in [1.807, 2.05) is 13.8 Å². The Morgan fingerprint density at radius 1 is 1.38 bits per heavy atom. The van der Waals surface area contributed by atoms with Gasteiger partial charge >= 0.3 is 6.61 Å². The van der Waals surface area contributed by atoms with Gasteiger partial charge in [-0.2, -0.15) is 8.78 Å². The first-order chi connectivity index (χ1) is 9.58. The van der Waals surface area contributed by atoms with E-state index in [4.69, 9.17) is 28.9 Å². The van der Waals surface area contributed by atoms with Crippen molar-refractivity contribution >= 4 is 34.8 Å². The summed E-state index contributed by atoms with van der Waals surface area (Å²) in [6.45, 7) is 0.585. The molecule has 0 radical (unpaired) electrons. The van der Waals surface area contributed by atoms with Crippen LogP contribution < -0.4 is 15.8 Å². The summed E-state index contributed by atoms with van der Waals surface area (Å²) in [5.74, 6) is -0.599. The minimum absolute atomic E-state index is 0.114. The number of amides is 1. The summed E-state index contributed by atoms with van der Waals surface area (Å²) < 4.78 is 28.6. The second kappa shape index (κ2) is 7.24. The average molecular weight is 341 g/mol. The smallest absolute Gasteiger partial charge is 0.387 e. The standard InChI is InChI=1S/C13H16Cl2F2N2O2/c1-13(2,18)4-3-10(20)19-7-5-8(14)11(9(15)6-7)21-12(16)17/h5-6,12H,3-4,18H2,1-2H3,(H,19,20). The molecule has 3 N–H and O–H groups in total. The Hall–Kier alpha value is -1.11. The summed E-state index contributed by atoms with van der Waals surface area (Å²) in [5, 5.41) is 2.34. The summed E-state index contributed by atoms with van der Waals surface area (Å²) in [4.78, 5) is 11.7. The van der Waals surface area contributed by atoms with Gasteiger partial charge in [-0.05, 0) is 32.4 Å². The van der Waals surface area contributed by atoms with Gasteiger partial charge in [0, 0.05) is 17.6 Å². The number of anilines is 1. The van der Waals surface area contributed by atoms with Crippen LogP contribution in [0.25, 0.3) is 0 Å². The Balaban J connectivity index is 2.75. The van der Waals surface area contributed by atoms with Gasteiger partial charge < -0.3 is 15.8 Å². The summed E-state index contributed by atoms with van der Waals surface area (Å²) in [7, 11) is 0. The van der Waals surface area contributed by atoms with E-state index in [1.54, 1.807) is 0 Å². The first-order valence-electron chi connectivity index (χ1n) is 6.11. The van der Waals surface area contributed by atoms with E-state index >= 15 is 0 Å². The van der Waals surface area contributed by atoms with Crippen LogP contribution >= 0.6 is 23.2 Å². The number of carbonyl (C=O) groups is 1. The van der Waals surface area contributed by atoms with E-state index in [1.165, 1.54) is 12.1 Å². The highest BCUT2D eigenvalue weighted by Gasteiger charge is 2.16. The van der Waals surface area contributed by atoms with Crippen LogP contribution in [0.5, 0.6) is 5.75 Å². The highest BCUT2D eigenvalue weighted by Crippen LogP contribution is 2.37. The van der Waals surface area contributed by atoms with Gasteiger partial charge in [0.1, 0.15) is 0 Å². The molecular weight excluding hydrogens is 325 g/mol. The molecule has 0 aromatic heterocycles. The fraction of sp³-hybridized carbons (Fsp3) is 0.462. The van der Waals surface area contributed by atoms with Crippen LogP contribution in [0.3, 0.4) is 0 Å². The van der Waals surface area contributed by atoms with Gasteiger partial charge in [-0.3, -0.25) is 4.79 Å². The van der Waals surface area contributed by atoms with Crippen molar-refractivity contribution in [1.82, 2.24) is 0 Å². The summed E-state index contributed by atoms with van der Waals surface area (Å²) in [6, 6.07) is 2.58. The zero-order chi connectivity index (χ0) is 16.2. The number of nitrogens with two attached hydrogens (primary N) is 1. The number of ether oxygens (including phenoxy) is 1. The van der Waals surface area contributed by atoms with Crippen molar-refractivity contribution in [3.8, 4) is 5.75 Å². The maximum atomic E-state index is 12.2. The molecule has 0 heterocycles. The minimum atomic E-state index is -3.03. The number of nitrogens with one attached hydrogen (secondary N) is 1. The van der Waals surface area contributed by atoms with Gasteiger partial charge in [0.2, 0.25) is 5.91 Å². The Kier molecular flexibility index (Phi) is 6.19. The number of carbonyl (C=O) groups excluding carboxylic acids is 1. The maximum Gasteiger partial charge on any atom is 0.387 e. The SMILES string of the molecule is CC(C)(N)CCC(=O)Nc1cc(Cl)c(OC(F)F)c(Cl)c1. The van der Waals surface area contributed by atoms with Crippen molar-refractivity contribution in [3.05, 3.63) is 22.2 Å². The fourth-order valence-corrected chi connectivity index (χ4v) is 2.07. The Morgan fingerprint density at radius 3 is 2.33 bits per heavy atom. The Bertz CT molecular complexity index is 496. The lowest BCUT2D eigenvalue weighted by Gasteiger charge is -2.17. The van der Waals surface area contributed by atoms with E-state index in [9.17, 15) is 13.6 Å². The van der Waals surface area contributed by atoms with Gasteiger partial charge in [0.15, 0.2) is 5.75 Å². The normalized spacial score (nSPS) is 11.6. The molecule has 0 aliphatic carbocycles. The maximum absolute atomic E-state index is 12.2. The van der Waals surface area contributed by atoms with Crippen molar-refractivity contribution in [1.29, 1.82) is 0 Å². The van der Waals surface area contributed by atoms with Crippen molar-refractivity contribution in [3.63, 3.8) is 0 Å². The number of hydrogen-bond donors (Lipinski definition) is 2. The summed E-state index contributed by atoms with van der Waals surface area (Å²) in [6.07, 6.45) is 0.709. The van der Waals surface area contributed by atoms with Gasteiger partial charge in [0.05, 0.1) is 10.0 Å². The summed E-state index contributed by atoms with van der Waals surface area (Å²) in [5.41, 5.74) is 5.62. The van der Waals surface area contributed by atoms with Crippen molar-refractivity contribution in [2.75, 3.05) is 5.32 Å². The first-order valence-corrected chi connectivity index (χ1v) is 6.86. The van der Waals surface area contributed by atoms with Gasteiger partial charge in [-0.1, -0.05) is 23.2 Å². The van der Waals surface area contributed by atoms with Crippen molar-refractivity contribution in [2.24, 2.45) is 5.73 Å². The Morgan fingerprint density at radius 2 is 1.90 bits per heavy atom. The predicted molar refractivity (Wildman–Crippen MR) is 79.2 cm³/mol. The van der Waals surface area contributed by atoms with E-state index in [0.29, 0.717) is 12.1 Å². The molecule has 0 aliphatic heterocycles. The molecule has 0 saturated heterocycles. The lowest BCUT2D eigenvalue weighted by atomic mass is 10.00. The number of hydrogen-bond acceptors (Lipinski definition) is 3. The van der Waals surface area contributed by atoms with Crippen LogP contribution in [0.4, 0.5) is 14.5 Å². The van der Waals surface area contributed by atoms with E-state index in [0.717, 1.165) is 0 Å². The number of benzene rings is 1. The zero-order valence-corrected chi connectivity index (χ0v) is 13.1. The molecule has 1 rings (SSSR count). The third kappa shape index (κ3) is 6.46. The van der Waals surface area contributed by atoms with E-state index in [-0.39, 0.29) is 28.1 Å². The highest BCUT2D eigenvalue weighted by molar-refractivity contribution is 6.37. The molecule has 0 aliphatic rings. The third-order valence-corrected chi connectivity index (χ3v) is 3.05. The van der Waals surface area contributed by atoms with Gasteiger partial charge in [-0.25, -0.2) is 0 Å². The lowest BCUT2D eigenvalue weighted by Crippen LogP contribution is -2.33. The van der Waals surface area contributed by atoms with Crippen LogP contribution in [0.15, 0.2) is 12.1 Å². The predicted octanol–water partition coefficient (Wildman–Crippen LogP) is 4.05. The molecule has 0 fully saturated rings. The molecule has 0 atom stereocenters. The molecule has 0 spiro atoms. The topological polar surface area (TPSA) is 64.4 Å². The third-order valence-electron chi connectivity index (χ3n) is 2.49. The number of alkyl halides is 2. The molecule has 0 saturated carbocycles. The van der Waals surface area contributed by atoms with Gasteiger partial charge in [0.25, 0.3) is 0 Å². The highest BCUT2D eigenvalue weighted by atomic mass is 35.5. The summed E-state index contributed by atoms with van der Waals surface area (Å²) >= 11 is 11.6. The zero-order valence-electron chi connectivity index (χ0n) is 11.6. The largest absolute Gasteiger partial charge is 0.432 e.